The summed E-state index contributed by atoms with van der Waals surface area (Å²) in [6, 6.07) is 3.71. The molecule has 15 heavy (non-hydrogen) atoms. The predicted molar refractivity (Wildman–Crippen MR) is 49.4 cm³/mol. The Kier molecular flexibility index (Phi) is 5.35. The average Bonchev–Trinajstić information content (AvgIpc) is 2.07. The van der Waals surface area contributed by atoms with Crippen molar-refractivity contribution in [2.45, 2.75) is 6.92 Å². The second-order valence-electron chi connectivity index (χ2n) is 2.72. The number of hydrogen-bond acceptors (Lipinski definition) is 3. The van der Waals surface area contributed by atoms with Gasteiger partial charge in [0.05, 0.1) is 11.3 Å². The summed E-state index contributed by atoms with van der Waals surface area (Å²) in [5.74, 6) is -1.72. The van der Waals surface area contributed by atoms with E-state index in [2.05, 4.69) is 5.32 Å². The van der Waals surface area contributed by atoms with Gasteiger partial charge in [0.1, 0.15) is 5.75 Å². The number of phenols is 1. The zero-order valence-electron chi connectivity index (χ0n) is 8.44. The Bertz CT molecular complexity index is 392. The van der Waals surface area contributed by atoms with Gasteiger partial charge in [0.2, 0.25) is 5.91 Å². The van der Waals surface area contributed by atoms with Crippen LogP contribution < -0.4 is 34.9 Å². The minimum atomic E-state index is -1.13. The van der Waals surface area contributed by atoms with Gasteiger partial charge in [-0.1, -0.05) is 0 Å². The molecule has 1 aromatic rings. The molecule has 0 heterocycles. The number of nitrogens with one attached hydrogen (secondary N) is 1. The molecule has 0 aromatic heterocycles. The third-order valence-corrected chi connectivity index (χ3v) is 1.56. The Morgan fingerprint density at radius 2 is 1.93 bits per heavy atom. The van der Waals surface area contributed by atoms with Crippen LogP contribution in [0.5, 0.6) is 5.75 Å². The van der Waals surface area contributed by atoms with Crippen molar-refractivity contribution < 1.29 is 49.4 Å². The third kappa shape index (κ3) is 3.91. The van der Waals surface area contributed by atoms with Crippen molar-refractivity contribution in [3.63, 3.8) is 0 Å². The van der Waals surface area contributed by atoms with Crippen molar-refractivity contribution in [3.05, 3.63) is 23.8 Å². The number of hydrogen-bond donors (Lipinski definition) is 3. The normalized spacial score (nSPS) is 8.87. The molecular weight excluding hydrogens is 209 g/mol. The molecule has 1 amide bonds. The number of phenolic OH excluding ortho intramolecular Hbond substituents is 1. The van der Waals surface area contributed by atoms with Gasteiger partial charge in [-0.25, -0.2) is 4.79 Å². The van der Waals surface area contributed by atoms with Gasteiger partial charge in [0.25, 0.3) is 0 Å². The fourth-order valence-electron chi connectivity index (χ4n) is 0.960. The summed E-state index contributed by atoms with van der Waals surface area (Å²) in [6.45, 7) is 1.30. The molecule has 5 nitrogen and oxygen atoms in total. The Morgan fingerprint density at radius 3 is 2.33 bits per heavy atom. The van der Waals surface area contributed by atoms with Crippen LogP contribution in [0.25, 0.3) is 0 Å². The summed E-state index contributed by atoms with van der Waals surface area (Å²) in [5, 5.41) is 20.3. The van der Waals surface area contributed by atoms with Crippen molar-refractivity contribution in [2.75, 3.05) is 5.32 Å². The Morgan fingerprint density at radius 1 is 1.33 bits per heavy atom. The van der Waals surface area contributed by atoms with Crippen LogP contribution in [0.3, 0.4) is 0 Å². The monoisotopic (exact) mass is 218 g/mol. The quantitative estimate of drug-likeness (QED) is 0.398. The van der Waals surface area contributed by atoms with Crippen molar-refractivity contribution in [1.82, 2.24) is 0 Å². The first-order chi connectivity index (χ1) is 6.50. The van der Waals surface area contributed by atoms with Crippen LogP contribution in [-0.4, -0.2) is 22.1 Å². The van der Waals surface area contributed by atoms with Crippen LogP contribution in [0.4, 0.5) is 5.69 Å². The van der Waals surface area contributed by atoms with E-state index in [1.807, 2.05) is 0 Å². The molecule has 1 aromatic carbocycles. The molecule has 3 N–H and O–H groups in total. The number of aromatic carboxylic acids is 1. The van der Waals surface area contributed by atoms with Crippen LogP contribution in [0.2, 0.25) is 0 Å². The van der Waals surface area contributed by atoms with Crippen LogP contribution in [-0.2, 0) is 4.79 Å². The molecule has 0 saturated heterocycles. The zero-order valence-corrected chi connectivity index (χ0v) is 10.4. The van der Waals surface area contributed by atoms with Gasteiger partial charge >= 0.3 is 35.5 Å². The second kappa shape index (κ2) is 5.75. The molecule has 0 aliphatic carbocycles. The molecule has 1 rings (SSSR count). The number of rotatable bonds is 2. The van der Waals surface area contributed by atoms with Crippen LogP contribution in [0.1, 0.15) is 17.3 Å². The second-order valence-corrected chi connectivity index (χ2v) is 2.72. The number of carboxylic acid groups (broad SMARTS) is 1. The fraction of sp³-hybridized carbons (Fsp3) is 0.111. The average molecular weight is 218 g/mol. The van der Waals surface area contributed by atoms with Gasteiger partial charge in [-0.15, -0.1) is 0 Å². The van der Waals surface area contributed by atoms with Crippen LogP contribution in [0, 0.1) is 0 Å². The number of aromatic hydroxyl groups is 1. The topological polar surface area (TPSA) is 86.6 Å². The first kappa shape index (κ1) is 14.0. The third-order valence-electron chi connectivity index (χ3n) is 1.56. The number of amides is 1. The Labute approximate surface area is 108 Å². The molecule has 0 aliphatic rings. The molecule has 0 spiro atoms. The number of carbonyl (C=O) groups excluding carboxylic acids is 1. The van der Waals surface area contributed by atoms with Gasteiger partial charge in [-0.05, 0) is 18.2 Å². The van der Waals surface area contributed by atoms with E-state index < -0.39 is 5.97 Å². The minimum Gasteiger partial charge on any atom is -0.506 e. The summed E-state index contributed by atoms with van der Waals surface area (Å²) < 4.78 is 0. The SMILES string of the molecule is CC(=O)Nc1ccc(C(=O)O)cc1O.[Na+]. The van der Waals surface area contributed by atoms with E-state index in [1.54, 1.807) is 0 Å². The first-order valence-electron chi connectivity index (χ1n) is 3.84. The molecule has 0 unspecified atom stereocenters. The van der Waals surface area contributed by atoms with Gasteiger partial charge in [0, 0.05) is 6.92 Å². The van der Waals surface area contributed by atoms with Crippen molar-refractivity contribution in [3.8, 4) is 5.75 Å². The summed E-state index contributed by atoms with van der Waals surface area (Å²) in [4.78, 5) is 21.1. The minimum absolute atomic E-state index is 0. The molecule has 74 valence electrons. The van der Waals surface area contributed by atoms with Crippen molar-refractivity contribution >= 4 is 17.6 Å². The first-order valence-corrected chi connectivity index (χ1v) is 3.84. The zero-order chi connectivity index (χ0) is 10.7. The molecule has 6 heteroatoms. The predicted octanol–water partition coefficient (Wildman–Crippen LogP) is -1.95. The standard InChI is InChI=1S/C9H9NO4.Na/c1-5(11)10-7-3-2-6(9(13)14)4-8(7)12;/h2-4,12H,1H3,(H,10,11)(H,13,14);/q;+1. The van der Waals surface area contributed by atoms with Gasteiger partial charge in [-0.3, -0.25) is 4.79 Å². The van der Waals surface area contributed by atoms with Crippen molar-refractivity contribution in [2.24, 2.45) is 0 Å². The largest absolute Gasteiger partial charge is 1.00 e. The van der Waals surface area contributed by atoms with E-state index >= 15 is 0 Å². The van der Waals surface area contributed by atoms with Gasteiger partial charge in [-0.2, -0.15) is 0 Å². The van der Waals surface area contributed by atoms with E-state index in [4.69, 9.17) is 5.11 Å². The fourth-order valence-corrected chi connectivity index (χ4v) is 0.960. The molecule has 0 bridgehead atoms. The summed E-state index contributed by atoms with van der Waals surface area (Å²) in [6.07, 6.45) is 0. The number of anilines is 1. The van der Waals surface area contributed by atoms with Gasteiger partial charge in [0.15, 0.2) is 0 Å². The maximum Gasteiger partial charge on any atom is 1.00 e. The van der Waals surface area contributed by atoms with Crippen molar-refractivity contribution in [1.29, 1.82) is 0 Å². The maximum absolute atomic E-state index is 10.6. The molecular formula is C9H9NNaO4+. The Hall–Kier alpha value is -1.04. The summed E-state index contributed by atoms with van der Waals surface area (Å²) in [5.41, 5.74) is 0.166. The molecule has 0 radical (unpaired) electrons. The van der Waals surface area contributed by atoms with Crippen LogP contribution in [0.15, 0.2) is 18.2 Å². The van der Waals surface area contributed by atoms with E-state index in [0.29, 0.717) is 0 Å². The summed E-state index contributed by atoms with van der Waals surface area (Å²) >= 11 is 0. The molecule has 0 fully saturated rings. The van der Waals surface area contributed by atoms with Gasteiger partial charge < -0.3 is 15.5 Å². The van der Waals surface area contributed by atoms with E-state index in [9.17, 15) is 14.7 Å². The molecule has 0 aliphatic heterocycles. The maximum atomic E-state index is 10.6. The number of carbonyl (C=O) groups is 2. The van der Waals surface area contributed by atoms with E-state index in [0.717, 1.165) is 6.07 Å². The van der Waals surface area contributed by atoms with E-state index in [-0.39, 0.29) is 52.5 Å². The van der Waals surface area contributed by atoms with Crippen LogP contribution >= 0.6 is 0 Å². The Balaban J connectivity index is 0.00000196. The summed E-state index contributed by atoms with van der Waals surface area (Å²) in [7, 11) is 0. The number of carboxylic acids is 1. The molecule has 0 saturated carbocycles. The van der Waals surface area contributed by atoms with E-state index in [1.165, 1.54) is 19.1 Å². The molecule has 0 atom stereocenters. The number of benzene rings is 1. The smallest absolute Gasteiger partial charge is 0.506 e.